The molecule has 4 nitrogen and oxygen atoms in total. The number of carbonyl (C=O) groups is 1. The molecule has 14 heavy (non-hydrogen) atoms. The second-order valence-corrected chi connectivity index (χ2v) is 3.78. The average molecular weight is 195 g/mol. The van der Waals surface area contributed by atoms with E-state index in [1.807, 2.05) is 6.07 Å². The van der Waals surface area contributed by atoms with E-state index in [1.165, 1.54) is 0 Å². The first-order valence-electron chi connectivity index (χ1n) is 4.93. The minimum absolute atomic E-state index is 0.105. The first-order chi connectivity index (χ1) is 6.68. The van der Waals surface area contributed by atoms with Gasteiger partial charge in [-0.05, 0) is 18.4 Å². The highest BCUT2D eigenvalue weighted by Gasteiger charge is 2.03. The number of rotatable bonds is 5. The van der Waals surface area contributed by atoms with Crippen molar-refractivity contribution in [3.8, 4) is 0 Å². The van der Waals surface area contributed by atoms with Gasteiger partial charge in [-0.25, -0.2) is 0 Å². The molecule has 0 aliphatic carbocycles. The fraction of sp³-hybridized carbons (Fsp3) is 0.600. The van der Waals surface area contributed by atoms with Gasteiger partial charge in [-0.3, -0.25) is 9.89 Å². The molecule has 0 aromatic carbocycles. The van der Waals surface area contributed by atoms with E-state index in [1.54, 1.807) is 6.20 Å². The van der Waals surface area contributed by atoms with Crippen LogP contribution in [0.25, 0.3) is 0 Å². The highest BCUT2D eigenvalue weighted by Crippen LogP contribution is 1.97. The Labute approximate surface area is 84.1 Å². The summed E-state index contributed by atoms with van der Waals surface area (Å²) in [7, 11) is 0. The molecule has 0 bridgehead atoms. The molecular weight excluding hydrogens is 178 g/mol. The smallest absolute Gasteiger partial charge is 0.220 e. The van der Waals surface area contributed by atoms with E-state index in [0.717, 1.165) is 18.7 Å². The molecular formula is C10H17N3O. The molecule has 0 spiro atoms. The number of carbonyl (C=O) groups excluding carboxylic acids is 1. The lowest BCUT2D eigenvalue weighted by Crippen LogP contribution is -2.27. The minimum Gasteiger partial charge on any atom is -0.356 e. The number of H-pyrrole nitrogens is 1. The zero-order valence-corrected chi connectivity index (χ0v) is 8.71. The van der Waals surface area contributed by atoms with E-state index in [-0.39, 0.29) is 5.91 Å². The van der Waals surface area contributed by atoms with Crippen molar-refractivity contribution in [1.29, 1.82) is 0 Å². The molecule has 4 heteroatoms. The summed E-state index contributed by atoms with van der Waals surface area (Å²) in [4.78, 5) is 11.3. The van der Waals surface area contributed by atoms with Crippen LogP contribution in [0.5, 0.6) is 0 Å². The fourth-order valence-corrected chi connectivity index (χ4v) is 1.08. The van der Waals surface area contributed by atoms with Gasteiger partial charge in [0.25, 0.3) is 0 Å². The third-order valence-electron chi connectivity index (χ3n) is 1.89. The Balaban J connectivity index is 2.15. The molecule has 1 aromatic rings. The number of amides is 1. The van der Waals surface area contributed by atoms with Crippen LogP contribution in [0.2, 0.25) is 0 Å². The van der Waals surface area contributed by atoms with Crippen LogP contribution in [0.15, 0.2) is 12.3 Å². The molecule has 1 heterocycles. The summed E-state index contributed by atoms with van der Waals surface area (Å²) in [5.41, 5.74) is 1.00. The number of aromatic amines is 1. The van der Waals surface area contributed by atoms with Crippen molar-refractivity contribution in [3.05, 3.63) is 18.0 Å². The summed E-state index contributed by atoms with van der Waals surface area (Å²) in [5.74, 6) is 0.611. The van der Waals surface area contributed by atoms with Crippen LogP contribution in [-0.4, -0.2) is 22.6 Å². The highest BCUT2D eigenvalue weighted by molar-refractivity contribution is 5.76. The minimum atomic E-state index is 0.105. The van der Waals surface area contributed by atoms with E-state index in [0.29, 0.717) is 12.3 Å². The van der Waals surface area contributed by atoms with E-state index >= 15 is 0 Å². The molecule has 2 N–H and O–H groups in total. The van der Waals surface area contributed by atoms with Crippen LogP contribution >= 0.6 is 0 Å². The summed E-state index contributed by atoms with van der Waals surface area (Å²) in [6.45, 7) is 4.91. The molecule has 0 aliphatic rings. The lowest BCUT2D eigenvalue weighted by atomic mass is 10.2. The molecule has 0 atom stereocenters. The maximum absolute atomic E-state index is 11.3. The van der Waals surface area contributed by atoms with Crippen molar-refractivity contribution < 1.29 is 4.79 Å². The average Bonchev–Trinajstić information content (AvgIpc) is 2.63. The molecule has 0 radical (unpaired) electrons. The predicted octanol–water partition coefficient (Wildman–Crippen LogP) is 1.11. The third-order valence-corrected chi connectivity index (χ3v) is 1.89. The Hall–Kier alpha value is -1.32. The van der Waals surface area contributed by atoms with Crippen molar-refractivity contribution >= 4 is 5.91 Å². The van der Waals surface area contributed by atoms with Gasteiger partial charge in [-0.1, -0.05) is 13.8 Å². The van der Waals surface area contributed by atoms with Crippen molar-refractivity contribution in [3.63, 3.8) is 0 Å². The Bertz CT molecular complexity index is 267. The van der Waals surface area contributed by atoms with Crippen molar-refractivity contribution in [2.75, 3.05) is 6.54 Å². The number of aryl methyl sites for hydroxylation is 1. The van der Waals surface area contributed by atoms with Crippen molar-refractivity contribution in [1.82, 2.24) is 15.5 Å². The van der Waals surface area contributed by atoms with Crippen LogP contribution in [0.4, 0.5) is 0 Å². The molecule has 0 aliphatic heterocycles. The molecule has 0 saturated heterocycles. The van der Waals surface area contributed by atoms with Crippen LogP contribution in [-0.2, 0) is 11.2 Å². The van der Waals surface area contributed by atoms with E-state index in [2.05, 4.69) is 29.4 Å². The van der Waals surface area contributed by atoms with E-state index in [4.69, 9.17) is 0 Å². The summed E-state index contributed by atoms with van der Waals surface area (Å²) in [6, 6.07) is 1.88. The zero-order valence-electron chi connectivity index (χ0n) is 8.71. The fourth-order valence-electron chi connectivity index (χ4n) is 1.08. The number of aromatic nitrogens is 2. The quantitative estimate of drug-likeness (QED) is 0.739. The van der Waals surface area contributed by atoms with Gasteiger partial charge in [0.2, 0.25) is 5.91 Å². The maximum atomic E-state index is 11.3. The summed E-state index contributed by atoms with van der Waals surface area (Å²) < 4.78 is 0. The van der Waals surface area contributed by atoms with Crippen LogP contribution in [0.1, 0.15) is 26.0 Å². The third kappa shape index (κ3) is 4.07. The SMILES string of the molecule is CC(C)CNC(=O)CCc1ccn[nH]1. The molecule has 1 aromatic heterocycles. The number of hydrogen-bond acceptors (Lipinski definition) is 2. The van der Waals surface area contributed by atoms with Crippen molar-refractivity contribution in [2.24, 2.45) is 5.92 Å². The second kappa shape index (κ2) is 5.42. The molecule has 78 valence electrons. The van der Waals surface area contributed by atoms with Gasteiger partial charge in [-0.15, -0.1) is 0 Å². The summed E-state index contributed by atoms with van der Waals surface area (Å²) in [6.07, 6.45) is 2.94. The van der Waals surface area contributed by atoms with Gasteiger partial charge >= 0.3 is 0 Å². The Morgan fingerprint density at radius 1 is 1.64 bits per heavy atom. The van der Waals surface area contributed by atoms with Crippen LogP contribution in [0, 0.1) is 5.92 Å². The van der Waals surface area contributed by atoms with Crippen LogP contribution in [0.3, 0.4) is 0 Å². The Morgan fingerprint density at radius 3 is 3.00 bits per heavy atom. The Morgan fingerprint density at radius 2 is 2.43 bits per heavy atom. The van der Waals surface area contributed by atoms with Crippen LogP contribution < -0.4 is 5.32 Å². The number of nitrogens with one attached hydrogen (secondary N) is 2. The summed E-state index contributed by atoms with van der Waals surface area (Å²) >= 11 is 0. The lowest BCUT2D eigenvalue weighted by Gasteiger charge is -2.06. The number of nitrogens with zero attached hydrogens (tertiary/aromatic N) is 1. The number of hydrogen-bond donors (Lipinski definition) is 2. The largest absolute Gasteiger partial charge is 0.356 e. The molecule has 0 unspecified atom stereocenters. The normalized spacial score (nSPS) is 10.5. The molecule has 0 fully saturated rings. The topological polar surface area (TPSA) is 57.8 Å². The van der Waals surface area contributed by atoms with E-state index in [9.17, 15) is 4.79 Å². The van der Waals surface area contributed by atoms with Gasteiger partial charge in [-0.2, -0.15) is 5.10 Å². The van der Waals surface area contributed by atoms with Gasteiger partial charge in [0, 0.05) is 24.9 Å². The molecule has 1 rings (SSSR count). The summed E-state index contributed by atoms with van der Waals surface area (Å²) in [5, 5.41) is 9.52. The van der Waals surface area contributed by atoms with E-state index < -0.39 is 0 Å². The second-order valence-electron chi connectivity index (χ2n) is 3.78. The molecule has 1 amide bonds. The van der Waals surface area contributed by atoms with Gasteiger partial charge in [0.1, 0.15) is 0 Å². The zero-order chi connectivity index (χ0) is 10.4. The predicted molar refractivity (Wildman–Crippen MR) is 54.8 cm³/mol. The van der Waals surface area contributed by atoms with Gasteiger partial charge in [0.15, 0.2) is 0 Å². The Kier molecular flexibility index (Phi) is 4.16. The van der Waals surface area contributed by atoms with Gasteiger partial charge in [0.05, 0.1) is 0 Å². The van der Waals surface area contributed by atoms with Crippen molar-refractivity contribution in [2.45, 2.75) is 26.7 Å². The van der Waals surface area contributed by atoms with Gasteiger partial charge < -0.3 is 5.32 Å². The molecule has 0 saturated carbocycles. The highest BCUT2D eigenvalue weighted by atomic mass is 16.1. The first-order valence-corrected chi connectivity index (χ1v) is 4.93. The monoisotopic (exact) mass is 195 g/mol. The lowest BCUT2D eigenvalue weighted by molar-refractivity contribution is -0.121. The first kappa shape index (κ1) is 10.8. The maximum Gasteiger partial charge on any atom is 0.220 e. The standard InChI is InChI=1S/C10H17N3O/c1-8(2)7-11-10(14)4-3-9-5-6-12-13-9/h5-6,8H,3-4,7H2,1-2H3,(H,11,14)(H,12,13).